The minimum absolute atomic E-state index is 1.08. The molecule has 0 atom stereocenters. The summed E-state index contributed by atoms with van der Waals surface area (Å²) in [6.07, 6.45) is 0. The minimum Gasteiger partial charge on any atom is -0.247 e. The Labute approximate surface area is 126 Å². The molecule has 0 aliphatic heterocycles. The lowest BCUT2D eigenvalue weighted by molar-refractivity contribution is 1.24. The normalized spacial score (nSPS) is 11.1. The predicted octanol–water partition coefficient (Wildman–Crippen LogP) is 5.44. The third kappa shape index (κ3) is 2.33. The van der Waals surface area contributed by atoms with Crippen LogP contribution in [0.1, 0.15) is 27.8 Å². The Kier molecular flexibility index (Phi) is 3.29. The van der Waals surface area contributed by atoms with Gasteiger partial charge in [-0.2, -0.15) is 0 Å². The second kappa shape index (κ2) is 5.00. The summed E-state index contributed by atoms with van der Waals surface area (Å²) in [6.45, 7) is 10.8. The van der Waals surface area contributed by atoms with Gasteiger partial charge in [0.25, 0.3) is 0 Å². The third-order valence-electron chi connectivity index (χ3n) is 4.48. The van der Waals surface area contributed by atoms with Crippen LogP contribution in [0, 0.1) is 34.6 Å². The molecule has 1 heterocycles. The first-order chi connectivity index (χ1) is 9.97. The number of nitrogens with zero attached hydrogens (tertiary/aromatic N) is 1. The summed E-state index contributed by atoms with van der Waals surface area (Å²) in [4.78, 5) is 4.94. The molecule has 0 N–H and O–H groups in total. The topological polar surface area (TPSA) is 12.9 Å². The monoisotopic (exact) mass is 275 g/mol. The molecule has 21 heavy (non-hydrogen) atoms. The van der Waals surface area contributed by atoms with E-state index in [1.165, 1.54) is 38.8 Å². The fourth-order valence-corrected chi connectivity index (χ4v) is 2.87. The molecule has 0 bridgehead atoms. The van der Waals surface area contributed by atoms with Crippen LogP contribution in [0.5, 0.6) is 0 Å². The summed E-state index contributed by atoms with van der Waals surface area (Å²) >= 11 is 0. The largest absolute Gasteiger partial charge is 0.247 e. The van der Waals surface area contributed by atoms with Gasteiger partial charge in [0.05, 0.1) is 11.2 Å². The van der Waals surface area contributed by atoms with Crippen LogP contribution in [0.25, 0.3) is 22.2 Å². The van der Waals surface area contributed by atoms with Gasteiger partial charge in [0.1, 0.15) is 0 Å². The fraction of sp³-hybridized carbons (Fsp3) is 0.250. The molecule has 0 aliphatic rings. The standard InChI is InChI=1S/C20H21N/c1-12-6-8-17-11-14(3)20(21-19(17)10-12)18-9-7-13(2)15(4)16(18)5/h6-11H,1-5H3. The van der Waals surface area contributed by atoms with E-state index < -0.39 is 0 Å². The Morgan fingerprint density at radius 3 is 2.24 bits per heavy atom. The molecule has 106 valence electrons. The van der Waals surface area contributed by atoms with Crippen LogP contribution in [0.3, 0.4) is 0 Å². The van der Waals surface area contributed by atoms with Crippen LogP contribution >= 0.6 is 0 Å². The third-order valence-corrected chi connectivity index (χ3v) is 4.48. The van der Waals surface area contributed by atoms with Gasteiger partial charge in [-0.15, -0.1) is 0 Å². The molecule has 1 heteroatoms. The van der Waals surface area contributed by atoms with E-state index in [0.29, 0.717) is 0 Å². The molecule has 0 aliphatic carbocycles. The lowest BCUT2D eigenvalue weighted by atomic mass is 9.94. The van der Waals surface area contributed by atoms with Crippen molar-refractivity contribution in [3.63, 3.8) is 0 Å². The van der Waals surface area contributed by atoms with Crippen LogP contribution in [0.4, 0.5) is 0 Å². The smallest absolute Gasteiger partial charge is 0.0741 e. The van der Waals surface area contributed by atoms with E-state index in [4.69, 9.17) is 4.98 Å². The fourth-order valence-electron chi connectivity index (χ4n) is 2.87. The second-order valence-electron chi connectivity index (χ2n) is 6.03. The van der Waals surface area contributed by atoms with Gasteiger partial charge in [-0.3, -0.25) is 0 Å². The molecule has 2 aromatic carbocycles. The van der Waals surface area contributed by atoms with E-state index >= 15 is 0 Å². The Hall–Kier alpha value is -2.15. The van der Waals surface area contributed by atoms with Gasteiger partial charge < -0.3 is 0 Å². The first kappa shape index (κ1) is 13.8. The summed E-state index contributed by atoms with van der Waals surface area (Å²) in [6, 6.07) is 13.1. The highest BCUT2D eigenvalue weighted by atomic mass is 14.7. The maximum absolute atomic E-state index is 4.94. The Balaban J connectivity index is 2.29. The molecule has 1 nitrogen and oxygen atoms in total. The summed E-state index contributed by atoms with van der Waals surface area (Å²) in [5.74, 6) is 0. The number of rotatable bonds is 1. The molecule has 0 fully saturated rings. The van der Waals surface area contributed by atoms with Crippen molar-refractivity contribution in [1.82, 2.24) is 4.98 Å². The number of hydrogen-bond acceptors (Lipinski definition) is 1. The van der Waals surface area contributed by atoms with E-state index in [-0.39, 0.29) is 0 Å². The number of hydrogen-bond donors (Lipinski definition) is 0. The lowest BCUT2D eigenvalue weighted by Crippen LogP contribution is -1.96. The molecule has 0 unspecified atom stereocenters. The van der Waals surface area contributed by atoms with Crippen molar-refractivity contribution in [2.75, 3.05) is 0 Å². The molecular weight excluding hydrogens is 254 g/mol. The van der Waals surface area contributed by atoms with E-state index in [9.17, 15) is 0 Å². The minimum atomic E-state index is 1.08. The van der Waals surface area contributed by atoms with Crippen molar-refractivity contribution in [3.8, 4) is 11.3 Å². The van der Waals surface area contributed by atoms with Gasteiger partial charge in [-0.1, -0.05) is 24.3 Å². The molecule has 0 radical (unpaired) electrons. The van der Waals surface area contributed by atoms with Crippen molar-refractivity contribution >= 4 is 10.9 Å². The van der Waals surface area contributed by atoms with E-state index in [1.807, 2.05) is 0 Å². The zero-order valence-electron chi connectivity index (χ0n) is 13.4. The highest BCUT2D eigenvalue weighted by Gasteiger charge is 2.11. The molecule has 0 saturated heterocycles. The highest BCUT2D eigenvalue weighted by Crippen LogP contribution is 2.30. The lowest BCUT2D eigenvalue weighted by Gasteiger charge is -2.14. The molecule has 0 saturated carbocycles. The first-order valence-electron chi connectivity index (χ1n) is 7.42. The van der Waals surface area contributed by atoms with E-state index in [1.54, 1.807) is 0 Å². The Morgan fingerprint density at radius 1 is 0.714 bits per heavy atom. The number of pyridine rings is 1. The molecule has 0 spiro atoms. The summed E-state index contributed by atoms with van der Waals surface area (Å²) in [5, 5.41) is 1.21. The average Bonchev–Trinajstić information content (AvgIpc) is 2.45. The van der Waals surface area contributed by atoms with Crippen molar-refractivity contribution in [2.45, 2.75) is 34.6 Å². The average molecular weight is 275 g/mol. The first-order valence-corrected chi connectivity index (χ1v) is 7.42. The zero-order chi connectivity index (χ0) is 15.1. The summed E-state index contributed by atoms with van der Waals surface area (Å²) in [5.41, 5.74) is 9.95. The number of benzene rings is 2. The summed E-state index contributed by atoms with van der Waals surface area (Å²) in [7, 11) is 0. The van der Waals surface area contributed by atoms with Gasteiger partial charge in [-0.25, -0.2) is 4.98 Å². The van der Waals surface area contributed by atoms with Crippen molar-refractivity contribution < 1.29 is 0 Å². The molecular formula is C20H21N. The van der Waals surface area contributed by atoms with Crippen LogP contribution in [-0.4, -0.2) is 4.98 Å². The molecule has 0 amide bonds. The van der Waals surface area contributed by atoms with Gasteiger partial charge in [0.2, 0.25) is 0 Å². The van der Waals surface area contributed by atoms with E-state index in [2.05, 4.69) is 71.0 Å². The molecule has 3 aromatic rings. The SMILES string of the molecule is Cc1ccc2cc(C)c(-c3ccc(C)c(C)c3C)nc2c1. The van der Waals surface area contributed by atoms with E-state index in [0.717, 1.165) is 11.2 Å². The number of aryl methyl sites for hydroxylation is 3. The summed E-state index contributed by atoms with van der Waals surface area (Å²) < 4.78 is 0. The highest BCUT2D eigenvalue weighted by molar-refractivity contribution is 5.84. The van der Waals surface area contributed by atoms with Crippen LogP contribution in [0.2, 0.25) is 0 Å². The van der Waals surface area contributed by atoms with Crippen LogP contribution in [-0.2, 0) is 0 Å². The maximum atomic E-state index is 4.94. The number of fused-ring (bicyclic) bond motifs is 1. The van der Waals surface area contributed by atoms with Crippen LogP contribution in [0.15, 0.2) is 36.4 Å². The van der Waals surface area contributed by atoms with Gasteiger partial charge >= 0.3 is 0 Å². The van der Waals surface area contributed by atoms with Crippen LogP contribution < -0.4 is 0 Å². The molecule has 1 aromatic heterocycles. The van der Waals surface area contributed by atoms with Crippen molar-refractivity contribution in [3.05, 3.63) is 64.2 Å². The zero-order valence-corrected chi connectivity index (χ0v) is 13.4. The quantitative estimate of drug-likeness (QED) is 0.576. The Morgan fingerprint density at radius 2 is 1.48 bits per heavy atom. The van der Waals surface area contributed by atoms with Crippen molar-refractivity contribution in [1.29, 1.82) is 0 Å². The van der Waals surface area contributed by atoms with Crippen molar-refractivity contribution in [2.24, 2.45) is 0 Å². The molecule has 3 rings (SSSR count). The predicted molar refractivity (Wildman–Crippen MR) is 90.9 cm³/mol. The Bertz CT molecular complexity index is 844. The maximum Gasteiger partial charge on any atom is 0.0741 e. The van der Waals surface area contributed by atoms with Gasteiger partial charge in [-0.05, 0) is 74.6 Å². The number of aromatic nitrogens is 1. The van der Waals surface area contributed by atoms with Gasteiger partial charge in [0, 0.05) is 10.9 Å². The second-order valence-corrected chi connectivity index (χ2v) is 6.03. The van der Waals surface area contributed by atoms with Gasteiger partial charge in [0.15, 0.2) is 0 Å².